The topological polar surface area (TPSA) is 37.8 Å². The first-order chi connectivity index (χ1) is 10.1. The highest BCUT2D eigenvalue weighted by atomic mass is 35.5. The van der Waals surface area contributed by atoms with Gasteiger partial charge in [-0.2, -0.15) is 22.0 Å². The number of hydrogen-bond acceptors (Lipinski definition) is 3. The average molecular weight is 344 g/mol. The fraction of sp³-hybridized carbons (Fsp3) is 0.692. The van der Waals surface area contributed by atoms with E-state index in [1.807, 2.05) is 0 Å². The molecule has 0 saturated heterocycles. The molecule has 9 heteroatoms. The smallest absolute Gasteiger partial charge is 0.366 e. The maximum absolute atomic E-state index is 13.3. The molecule has 0 bridgehead atoms. The summed E-state index contributed by atoms with van der Waals surface area (Å²) in [5.74, 6) is -5.94. The van der Waals surface area contributed by atoms with Gasteiger partial charge in [0.2, 0.25) is 0 Å². The largest absolute Gasteiger partial charge is 0.453 e. The summed E-state index contributed by atoms with van der Waals surface area (Å²) >= 11 is 6.02. The van der Waals surface area contributed by atoms with Gasteiger partial charge in [0, 0.05) is 12.0 Å². The van der Waals surface area contributed by atoms with E-state index in [0.717, 1.165) is 0 Å². The summed E-state index contributed by atoms with van der Waals surface area (Å²) in [6.45, 7) is 1.69. The molecule has 1 heterocycles. The van der Waals surface area contributed by atoms with Crippen molar-refractivity contribution in [1.29, 1.82) is 0 Å². The van der Waals surface area contributed by atoms with Crippen molar-refractivity contribution < 1.29 is 22.0 Å². The lowest BCUT2D eigenvalue weighted by atomic mass is 9.82. The Morgan fingerprint density at radius 3 is 2.23 bits per heavy atom. The van der Waals surface area contributed by atoms with E-state index in [1.54, 1.807) is 6.92 Å². The van der Waals surface area contributed by atoms with Gasteiger partial charge < -0.3 is 5.32 Å². The predicted molar refractivity (Wildman–Crippen MR) is 72.1 cm³/mol. The molecular formula is C13H15ClF5N3. The zero-order valence-corrected chi connectivity index (χ0v) is 12.5. The van der Waals surface area contributed by atoms with Crippen LogP contribution >= 0.6 is 11.6 Å². The van der Waals surface area contributed by atoms with Gasteiger partial charge in [-0.25, -0.2) is 9.97 Å². The molecule has 0 radical (unpaired) electrons. The second-order valence-corrected chi connectivity index (χ2v) is 5.81. The lowest BCUT2D eigenvalue weighted by Crippen LogP contribution is -2.45. The van der Waals surface area contributed by atoms with Crippen LogP contribution in [0.1, 0.15) is 31.4 Å². The molecule has 124 valence electrons. The Bertz CT molecular complexity index is 527. The summed E-state index contributed by atoms with van der Waals surface area (Å²) in [6.07, 6.45) is -4.18. The van der Waals surface area contributed by atoms with Crippen LogP contribution in [0.3, 0.4) is 0 Å². The summed E-state index contributed by atoms with van der Waals surface area (Å²) in [6, 6.07) is -0.230. The molecule has 1 fully saturated rings. The fourth-order valence-corrected chi connectivity index (χ4v) is 2.74. The van der Waals surface area contributed by atoms with Gasteiger partial charge in [0.15, 0.2) is 0 Å². The van der Waals surface area contributed by atoms with Crippen LogP contribution in [0.2, 0.25) is 5.02 Å². The number of aryl methyl sites for hydroxylation is 1. The van der Waals surface area contributed by atoms with Crippen molar-refractivity contribution in [3.05, 3.63) is 17.0 Å². The van der Waals surface area contributed by atoms with Crippen molar-refractivity contribution in [2.45, 2.75) is 50.7 Å². The van der Waals surface area contributed by atoms with Gasteiger partial charge in [-0.1, -0.05) is 11.6 Å². The second kappa shape index (κ2) is 6.14. The maximum atomic E-state index is 13.3. The third-order valence-electron chi connectivity index (χ3n) is 3.92. The van der Waals surface area contributed by atoms with Gasteiger partial charge in [0.05, 0.1) is 5.69 Å². The minimum absolute atomic E-state index is 0.203. The third-order valence-corrected chi connectivity index (χ3v) is 4.37. The minimum atomic E-state index is -5.50. The number of hydrogen-bond donors (Lipinski definition) is 1. The molecule has 0 spiro atoms. The predicted octanol–water partition coefficient (Wildman–Crippen LogP) is 4.61. The zero-order chi connectivity index (χ0) is 16.5. The van der Waals surface area contributed by atoms with Crippen molar-refractivity contribution >= 4 is 17.4 Å². The number of nitrogens with zero attached hydrogens (tertiary/aromatic N) is 2. The standard InChI is InChI=1S/C13H15ClF5N3/c1-7-10(14)11(21-6-20-7)22-9-4-2-8(3-5-9)12(15,16)13(17,18)19/h6,8-9H,2-5H2,1H3,(H,20,21,22). The van der Waals surface area contributed by atoms with E-state index >= 15 is 0 Å². The molecule has 0 unspecified atom stereocenters. The molecule has 0 amide bonds. The van der Waals surface area contributed by atoms with Gasteiger partial charge in [0.1, 0.15) is 17.2 Å². The monoisotopic (exact) mass is 343 g/mol. The van der Waals surface area contributed by atoms with Crippen molar-refractivity contribution in [2.24, 2.45) is 5.92 Å². The van der Waals surface area contributed by atoms with Crippen molar-refractivity contribution in [2.75, 3.05) is 5.32 Å². The van der Waals surface area contributed by atoms with Gasteiger partial charge in [-0.3, -0.25) is 0 Å². The highest BCUT2D eigenvalue weighted by Crippen LogP contribution is 2.46. The second-order valence-electron chi connectivity index (χ2n) is 5.44. The van der Waals surface area contributed by atoms with Gasteiger partial charge >= 0.3 is 12.1 Å². The zero-order valence-electron chi connectivity index (χ0n) is 11.7. The molecule has 1 N–H and O–H groups in total. The normalized spacial score (nSPS) is 23.4. The van der Waals surface area contributed by atoms with Gasteiger partial charge in [0.25, 0.3) is 0 Å². The highest BCUT2D eigenvalue weighted by Gasteiger charge is 2.62. The van der Waals surface area contributed by atoms with Crippen LogP contribution in [0, 0.1) is 12.8 Å². The fourth-order valence-electron chi connectivity index (χ4n) is 2.58. The number of aromatic nitrogens is 2. The van der Waals surface area contributed by atoms with Gasteiger partial charge in [-0.05, 0) is 32.6 Å². The Kier molecular flexibility index (Phi) is 4.79. The molecule has 0 atom stereocenters. The van der Waals surface area contributed by atoms with E-state index in [2.05, 4.69) is 15.3 Å². The minimum Gasteiger partial charge on any atom is -0.366 e. The first-order valence-electron chi connectivity index (χ1n) is 6.81. The number of anilines is 1. The molecule has 2 rings (SSSR count). The summed E-state index contributed by atoms with van der Waals surface area (Å²) in [4.78, 5) is 7.85. The molecule has 3 nitrogen and oxygen atoms in total. The van der Waals surface area contributed by atoms with Crippen LogP contribution in [-0.2, 0) is 0 Å². The Morgan fingerprint density at radius 1 is 1.09 bits per heavy atom. The SMILES string of the molecule is Cc1ncnc(NC2CCC(C(F)(F)C(F)(F)F)CC2)c1Cl. The molecule has 1 aliphatic rings. The van der Waals surface area contributed by atoms with E-state index in [9.17, 15) is 22.0 Å². The van der Waals surface area contributed by atoms with Crippen LogP contribution < -0.4 is 5.32 Å². The van der Waals surface area contributed by atoms with Crippen LogP contribution in [0.25, 0.3) is 0 Å². The first-order valence-corrected chi connectivity index (χ1v) is 7.19. The van der Waals surface area contributed by atoms with E-state index in [0.29, 0.717) is 16.5 Å². The third kappa shape index (κ3) is 3.42. The van der Waals surface area contributed by atoms with Crippen molar-refractivity contribution in [3.8, 4) is 0 Å². The molecule has 1 aromatic heterocycles. The number of nitrogens with one attached hydrogen (secondary N) is 1. The Balaban J connectivity index is 1.97. The Hall–Kier alpha value is -1.18. The Labute approximate surface area is 129 Å². The van der Waals surface area contributed by atoms with Crippen molar-refractivity contribution in [1.82, 2.24) is 9.97 Å². The maximum Gasteiger partial charge on any atom is 0.453 e. The van der Waals surface area contributed by atoms with Crippen molar-refractivity contribution in [3.63, 3.8) is 0 Å². The lowest BCUT2D eigenvalue weighted by Gasteiger charge is -2.34. The quantitative estimate of drug-likeness (QED) is 0.815. The number of rotatable bonds is 3. The van der Waals surface area contributed by atoms with Crippen LogP contribution in [0.5, 0.6) is 0 Å². The molecule has 22 heavy (non-hydrogen) atoms. The highest BCUT2D eigenvalue weighted by molar-refractivity contribution is 6.33. The molecule has 0 aliphatic heterocycles. The van der Waals surface area contributed by atoms with E-state index < -0.39 is 18.0 Å². The van der Waals surface area contributed by atoms with Crippen LogP contribution in [0.15, 0.2) is 6.33 Å². The van der Waals surface area contributed by atoms with Crippen LogP contribution in [-0.4, -0.2) is 28.1 Å². The lowest BCUT2D eigenvalue weighted by molar-refractivity contribution is -0.305. The van der Waals surface area contributed by atoms with E-state index in [4.69, 9.17) is 11.6 Å². The average Bonchev–Trinajstić information content (AvgIpc) is 2.43. The van der Waals surface area contributed by atoms with Gasteiger partial charge in [-0.15, -0.1) is 0 Å². The summed E-state index contributed by atoms with van der Waals surface area (Å²) < 4.78 is 63.7. The summed E-state index contributed by atoms with van der Waals surface area (Å²) in [7, 11) is 0. The Morgan fingerprint density at radius 2 is 1.68 bits per heavy atom. The summed E-state index contributed by atoms with van der Waals surface area (Å²) in [5, 5.41) is 3.32. The molecule has 0 aromatic carbocycles. The summed E-state index contributed by atoms with van der Waals surface area (Å²) in [5.41, 5.74) is 0.566. The molecule has 1 aromatic rings. The number of halogens is 6. The molecular weight excluding hydrogens is 329 g/mol. The molecule has 1 aliphatic carbocycles. The van der Waals surface area contributed by atoms with E-state index in [-0.39, 0.29) is 31.7 Å². The van der Waals surface area contributed by atoms with Crippen LogP contribution in [0.4, 0.5) is 27.8 Å². The first kappa shape index (κ1) is 17.2. The van der Waals surface area contributed by atoms with E-state index in [1.165, 1.54) is 6.33 Å². The molecule has 1 saturated carbocycles. The number of alkyl halides is 5.